The first-order valence-corrected chi connectivity index (χ1v) is 5.34. The second kappa shape index (κ2) is 5.22. The highest BCUT2D eigenvalue weighted by atomic mass is 16.4. The van der Waals surface area contributed by atoms with Gasteiger partial charge in [0.25, 0.3) is 0 Å². The Hall–Kier alpha value is -2.50. The number of pyridine rings is 1. The van der Waals surface area contributed by atoms with Gasteiger partial charge >= 0.3 is 5.97 Å². The lowest BCUT2D eigenvalue weighted by molar-refractivity contribution is 0.0690. The average Bonchev–Trinajstić information content (AvgIpc) is 2.40. The number of carboxylic acid groups (broad SMARTS) is 1. The zero-order chi connectivity index (χ0) is 13.0. The molecule has 0 saturated heterocycles. The Bertz CT molecular complexity index is 545. The van der Waals surface area contributed by atoms with Crippen LogP contribution in [0.5, 0.6) is 0 Å². The van der Waals surface area contributed by atoms with Crippen molar-refractivity contribution in [3.8, 4) is 0 Å². The Balaban J connectivity index is 2.16. The molecule has 0 bridgehead atoms. The lowest BCUT2D eigenvalue weighted by Crippen LogP contribution is -2.20. The van der Waals surface area contributed by atoms with E-state index in [1.807, 2.05) is 18.2 Å². The number of nitrogens with zero attached hydrogens (tertiary/aromatic N) is 4. The van der Waals surface area contributed by atoms with Gasteiger partial charge in [0.05, 0.1) is 12.2 Å². The lowest BCUT2D eigenvalue weighted by atomic mass is 10.3. The lowest BCUT2D eigenvalue weighted by Gasteiger charge is -2.16. The van der Waals surface area contributed by atoms with Crippen LogP contribution >= 0.6 is 0 Å². The van der Waals surface area contributed by atoms with Crippen molar-refractivity contribution in [1.82, 2.24) is 15.0 Å². The third-order valence-electron chi connectivity index (χ3n) is 2.33. The minimum atomic E-state index is -1.06. The number of hydrogen-bond donors (Lipinski definition) is 1. The zero-order valence-corrected chi connectivity index (χ0v) is 9.82. The molecule has 2 aromatic heterocycles. The topological polar surface area (TPSA) is 79.2 Å². The molecule has 92 valence electrons. The van der Waals surface area contributed by atoms with Crippen LogP contribution in [-0.2, 0) is 6.54 Å². The Morgan fingerprint density at radius 1 is 1.28 bits per heavy atom. The number of anilines is 1. The minimum absolute atomic E-state index is 0.0205. The molecule has 18 heavy (non-hydrogen) atoms. The molecule has 2 aromatic rings. The van der Waals surface area contributed by atoms with Crippen LogP contribution in [0.15, 0.2) is 36.7 Å². The molecule has 2 heterocycles. The van der Waals surface area contributed by atoms with Crippen LogP contribution < -0.4 is 4.90 Å². The number of rotatable bonds is 4. The van der Waals surface area contributed by atoms with E-state index in [0.717, 1.165) is 5.69 Å². The van der Waals surface area contributed by atoms with E-state index < -0.39 is 5.97 Å². The summed E-state index contributed by atoms with van der Waals surface area (Å²) in [5, 5.41) is 8.86. The van der Waals surface area contributed by atoms with E-state index >= 15 is 0 Å². The van der Waals surface area contributed by atoms with Crippen LogP contribution in [-0.4, -0.2) is 33.1 Å². The van der Waals surface area contributed by atoms with E-state index in [1.165, 1.54) is 12.3 Å². The molecule has 0 aliphatic heterocycles. The van der Waals surface area contributed by atoms with Crippen molar-refractivity contribution in [2.75, 3.05) is 11.9 Å². The standard InChI is InChI=1S/C12H12N4O2/c1-16(8-9-4-2-3-6-13-9)12-14-7-5-10(15-12)11(17)18/h2-7H,8H2,1H3,(H,17,18). The first-order chi connectivity index (χ1) is 8.66. The summed E-state index contributed by atoms with van der Waals surface area (Å²) in [6, 6.07) is 6.98. The van der Waals surface area contributed by atoms with Gasteiger partial charge in [0, 0.05) is 19.4 Å². The quantitative estimate of drug-likeness (QED) is 0.870. The predicted molar refractivity (Wildman–Crippen MR) is 65.3 cm³/mol. The molecule has 0 fully saturated rings. The van der Waals surface area contributed by atoms with Gasteiger partial charge in [-0.05, 0) is 18.2 Å². The highest BCUT2D eigenvalue weighted by molar-refractivity contribution is 5.85. The Kier molecular flexibility index (Phi) is 3.47. The van der Waals surface area contributed by atoms with E-state index in [9.17, 15) is 4.79 Å². The van der Waals surface area contributed by atoms with Gasteiger partial charge in [0.2, 0.25) is 5.95 Å². The van der Waals surface area contributed by atoms with Gasteiger partial charge in [-0.25, -0.2) is 14.8 Å². The van der Waals surface area contributed by atoms with Crippen LogP contribution in [0.3, 0.4) is 0 Å². The van der Waals surface area contributed by atoms with Gasteiger partial charge in [-0.15, -0.1) is 0 Å². The summed E-state index contributed by atoms with van der Waals surface area (Å²) in [6.45, 7) is 0.518. The van der Waals surface area contributed by atoms with Crippen molar-refractivity contribution < 1.29 is 9.90 Å². The normalized spacial score (nSPS) is 10.1. The van der Waals surface area contributed by atoms with Crippen LogP contribution in [0.4, 0.5) is 5.95 Å². The molecular formula is C12H12N4O2. The minimum Gasteiger partial charge on any atom is -0.477 e. The van der Waals surface area contributed by atoms with E-state index in [2.05, 4.69) is 15.0 Å². The molecule has 0 aliphatic rings. The zero-order valence-electron chi connectivity index (χ0n) is 9.82. The van der Waals surface area contributed by atoms with Crippen molar-refractivity contribution in [2.24, 2.45) is 0 Å². The smallest absolute Gasteiger partial charge is 0.354 e. The van der Waals surface area contributed by atoms with E-state index in [1.54, 1.807) is 18.1 Å². The fourth-order valence-electron chi connectivity index (χ4n) is 1.46. The summed E-state index contributed by atoms with van der Waals surface area (Å²) in [7, 11) is 1.79. The molecule has 6 heteroatoms. The SMILES string of the molecule is CN(Cc1ccccn1)c1nccc(C(=O)O)n1. The highest BCUT2D eigenvalue weighted by Gasteiger charge is 2.10. The predicted octanol–water partition coefficient (Wildman–Crippen LogP) is 1.21. The molecule has 0 aromatic carbocycles. The summed E-state index contributed by atoms with van der Waals surface area (Å²) < 4.78 is 0. The fraction of sp³-hybridized carbons (Fsp3) is 0.167. The fourth-order valence-corrected chi connectivity index (χ4v) is 1.46. The van der Waals surface area contributed by atoms with Gasteiger partial charge in [-0.3, -0.25) is 4.98 Å². The van der Waals surface area contributed by atoms with Crippen LogP contribution in [0.2, 0.25) is 0 Å². The van der Waals surface area contributed by atoms with Gasteiger partial charge in [0.15, 0.2) is 5.69 Å². The van der Waals surface area contributed by atoms with Crippen LogP contribution in [0.25, 0.3) is 0 Å². The van der Waals surface area contributed by atoms with Crippen LogP contribution in [0.1, 0.15) is 16.2 Å². The molecule has 6 nitrogen and oxygen atoms in total. The molecule has 1 N–H and O–H groups in total. The summed E-state index contributed by atoms with van der Waals surface area (Å²) in [5.41, 5.74) is 0.845. The number of hydrogen-bond acceptors (Lipinski definition) is 5. The van der Waals surface area contributed by atoms with Crippen LogP contribution in [0, 0.1) is 0 Å². The molecule has 0 saturated carbocycles. The van der Waals surface area contributed by atoms with Gasteiger partial charge in [0.1, 0.15) is 0 Å². The Morgan fingerprint density at radius 2 is 2.11 bits per heavy atom. The Labute approximate surface area is 104 Å². The summed E-state index contributed by atoms with van der Waals surface area (Å²) in [4.78, 5) is 24.7. The van der Waals surface area contributed by atoms with E-state index in [-0.39, 0.29) is 5.69 Å². The molecule has 0 atom stereocenters. The van der Waals surface area contributed by atoms with Gasteiger partial charge in [-0.2, -0.15) is 0 Å². The summed E-state index contributed by atoms with van der Waals surface area (Å²) in [6.07, 6.45) is 3.14. The first-order valence-electron chi connectivity index (χ1n) is 5.34. The van der Waals surface area contributed by atoms with Crippen molar-refractivity contribution in [3.63, 3.8) is 0 Å². The number of carboxylic acids is 1. The monoisotopic (exact) mass is 244 g/mol. The van der Waals surface area contributed by atoms with Gasteiger partial charge in [-0.1, -0.05) is 6.07 Å². The van der Waals surface area contributed by atoms with Crippen molar-refractivity contribution in [1.29, 1.82) is 0 Å². The first kappa shape index (κ1) is 12.0. The second-order valence-corrected chi connectivity index (χ2v) is 3.72. The molecule has 0 amide bonds. The number of carbonyl (C=O) groups is 1. The largest absolute Gasteiger partial charge is 0.477 e. The second-order valence-electron chi connectivity index (χ2n) is 3.72. The maximum Gasteiger partial charge on any atom is 0.354 e. The Morgan fingerprint density at radius 3 is 2.78 bits per heavy atom. The molecule has 0 radical (unpaired) electrons. The van der Waals surface area contributed by atoms with Crippen molar-refractivity contribution in [3.05, 3.63) is 48.0 Å². The number of aromatic carboxylic acids is 1. The third-order valence-corrected chi connectivity index (χ3v) is 2.33. The maximum absolute atomic E-state index is 10.8. The summed E-state index contributed by atoms with van der Waals surface area (Å²) >= 11 is 0. The van der Waals surface area contributed by atoms with Crippen molar-refractivity contribution in [2.45, 2.75) is 6.54 Å². The van der Waals surface area contributed by atoms with E-state index in [4.69, 9.17) is 5.11 Å². The molecule has 0 aliphatic carbocycles. The molecular weight excluding hydrogens is 232 g/mol. The molecule has 0 unspecified atom stereocenters. The highest BCUT2D eigenvalue weighted by Crippen LogP contribution is 2.08. The van der Waals surface area contributed by atoms with Gasteiger partial charge < -0.3 is 10.0 Å². The molecule has 0 spiro atoms. The maximum atomic E-state index is 10.8. The third kappa shape index (κ3) is 2.79. The number of aromatic nitrogens is 3. The average molecular weight is 244 g/mol. The van der Waals surface area contributed by atoms with E-state index in [0.29, 0.717) is 12.5 Å². The van der Waals surface area contributed by atoms with Crippen molar-refractivity contribution >= 4 is 11.9 Å². The molecule has 2 rings (SSSR count). The summed E-state index contributed by atoms with van der Waals surface area (Å²) in [5.74, 6) is -0.703.